The Bertz CT molecular complexity index is 1540. The third kappa shape index (κ3) is 6.21. The molecule has 11 heteroatoms. The molecule has 0 radical (unpaired) electrons. The molecular weight excluding hydrogens is 531 g/mol. The number of hydrogen-bond acceptors (Lipinski definition) is 5. The number of nitrogens with zero attached hydrogens (tertiary/aromatic N) is 3. The van der Waals surface area contributed by atoms with Crippen molar-refractivity contribution in [2.75, 3.05) is 0 Å². The molecule has 0 spiro atoms. The first-order chi connectivity index (χ1) is 18.3. The molecule has 0 fully saturated rings. The fraction of sp³-hybridized carbons (Fsp3) is 0.393. The number of nitrogens with one attached hydrogen (secondary N) is 2. The number of rotatable bonds is 9. The normalized spacial score (nSPS) is 15.3. The SMILES string of the molecule is CCC(Cl)(C#N)NC(=O)[C@H](CC(C)C)N[C@@H](c1ccc2c(c1)oc1ccc(-c3cnn(C)c3)cc12)C(F)(F)F. The van der Waals surface area contributed by atoms with Crippen molar-refractivity contribution >= 4 is 39.4 Å². The van der Waals surface area contributed by atoms with Gasteiger partial charge in [-0.25, -0.2) is 0 Å². The smallest absolute Gasteiger partial charge is 0.407 e. The van der Waals surface area contributed by atoms with Crippen LogP contribution >= 0.6 is 11.6 Å². The van der Waals surface area contributed by atoms with Crippen LogP contribution in [0, 0.1) is 17.2 Å². The highest BCUT2D eigenvalue weighted by Gasteiger charge is 2.44. The van der Waals surface area contributed by atoms with E-state index in [1.807, 2.05) is 25.4 Å². The van der Waals surface area contributed by atoms with E-state index >= 15 is 0 Å². The number of aromatic nitrogens is 2. The fourth-order valence-corrected chi connectivity index (χ4v) is 4.60. The molecular formula is C28H29ClF3N5O2. The lowest BCUT2D eigenvalue weighted by molar-refractivity contribution is -0.161. The standard InChI is InChI=1S/C28H29ClF3N5O2/c1-5-27(29,15-33)36-26(38)22(10-16(2)3)35-25(28(30,31)32)18-6-8-20-21-11-17(19-13-34-37(4)14-19)7-9-23(21)39-24(20)12-18/h6-9,11-14,16,22,25,35H,5,10H2,1-4H3,(H,36,38)/t22-,25-,27?/m0/s1. The van der Waals surface area contributed by atoms with E-state index in [1.54, 1.807) is 49.9 Å². The van der Waals surface area contributed by atoms with Crippen molar-refractivity contribution in [2.24, 2.45) is 13.0 Å². The van der Waals surface area contributed by atoms with Gasteiger partial charge in [-0.1, -0.05) is 50.6 Å². The number of nitriles is 1. The van der Waals surface area contributed by atoms with Gasteiger partial charge in [-0.2, -0.15) is 23.5 Å². The summed E-state index contributed by atoms with van der Waals surface area (Å²) in [5.74, 6) is -0.883. The highest BCUT2D eigenvalue weighted by atomic mass is 35.5. The van der Waals surface area contributed by atoms with E-state index in [-0.39, 0.29) is 24.3 Å². The molecule has 2 N–H and O–H groups in total. The summed E-state index contributed by atoms with van der Waals surface area (Å²) in [6, 6.07) is 8.28. The number of alkyl halides is 4. The lowest BCUT2D eigenvalue weighted by Crippen LogP contribution is -2.54. The average Bonchev–Trinajstić information content (AvgIpc) is 3.47. The van der Waals surface area contributed by atoms with Crippen molar-refractivity contribution in [3.63, 3.8) is 0 Å². The molecule has 7 nitrogen and oxygen atoms in total. The van der Waals surface area contributed by atoms with Gasteiger partial charge in [-0.3, -0.25) is 14.8 Å². The summed E-state index contributed by atoms with van der Waals surface area (Å²) >= 11 is 6.12. The Hall–Kier alpha value is -3.55. The van der Waals surface area contributed by atoms with E-state index in [1.165, 1.54) is 12.1 Å². The van der Waals surface area contributed by atoms with Gasteiger partial charge < -0.3 is 9.73 Å². The van der Waals surface area contributed by atoms with E-state index < -0.39 is 29.2 Å². The molecule has 4 rings (SSSR count). The van der Waals surface area contributed by atoms with Crippen LogP contribution in [0.1, 0.15) is 45.2 Å². The highest BCUT2D eigenvalue weighted by Crippen LogP contribution is 2.38. The number of carbonyl (C=O) groups excluding carboxylic acids is 1. The minimum atomic E-state index is -4.72. The van der Waals surface area contributed by atoms with E-state index in [0.717, 1.165) is 16.5 Å². The van der Waals surface area contributed by atoms with Crippen LogP contribution in [0.5, 0.6) is 0 Å². The first-order valence-electron chi connectivity index (χ1n) is 12.5. The zero-order valence-electron chi connectivity index (χ0n) is 21.9. The first-order valence-corrected chi connectivity index (χ1v) is 12.9. The summed E-state index contributed by atoms with van der Waals surface area (Å²) in [4.78, 5) is 11.3. The maximum atomic E-state index is 14.4. The average molecular weight is 560 g/mol. The van der Waals surface area contributed by atoms with Crippen molar-refractivity contribution in [3.8, 4) is 17.2 Å². The Kier molecular flexibility index (Phi) is 7.96. The molecule has 0 saturated heterocycles. The van der Waals surface area contributed by atoms with Crippen LogP contribution in [-0.2, 0) is 11.8 Å². The molecule has 2 aromatic heterocycles. The van der Waals surface area contributed by atoms with E-state index in [2.05, 4.69) is 15.7 Å². The molecule has 0 aliphatic heterocycles. The van der Waals surface area contributed by atoms with Crippen molar-refractivity contribution in [2.45, 2.75) is 56.9 Å². The van der Waals surface area contributed by atoms with Gasteiger partial charge >= 0.3 is 6.18 Å². The summed E-state index contributed by atoms with van der Waals surface area (Å²) in [7, 11) is 1.82. The van der Waals surface area contributed by atoms with Crippen molar-refractivity contribution < 1.29 is 22.4 Å². The maximum absolute atomic E-state index is 14.4. The van der Waals surface area contributed by atoms with Gasteiger partial charge in [0, 0.05) is 29.6 Å². The number of hydrogen-bond donors (Lipinski definition) is 2. The van der Waals surface area contributed by atoms with Crippen LogP contribution in [-0.4, -0.2) is 32.9 Å². The summed E-state index contributed by atoms with van der Waals surface area (Å²) in [5, 5.41) is 19.8. The summed E-state index contributed by atoms with van der Waals surface area (Å²) < 4.78 is 50.7. The third-order valence-electron chi connectivity index (χ3n) is 6.57. The largest absolute Gasteiger partial charge is 0.456 e. The molecule has 2 heterocycles. The Labute approximate surface area is 228 Å². The molecule has 39 heavy (non-hydrogen) atoms. The zero-order chi connectivity index (χ0) is 28.5. The number of furan rings is 1. The van der Waals surface area contributed by atoms with Gasteiger partial charge in [0.1, 0.15) is 23.3 Å². The predicted molar refractivity (Wildman–Crippen MR) is 144 cm³/mol. The monoisotopic (exact) mass is 559 g/mol. The third-order valence-corrected chi connectivity index (χ3v) is 7.02. The molecule has 1 amide bonds. The van der Waals surface area contributed by atoms with E-state index in [0.29, 0.717) is 16.6 Å². The predicted octanol–water partition coefficient (Wildman–Crippen LogP) is 6.58. The van der Waals surface area contributed by atoms with Gasteiger partial charge in [0.2, 0.25) is 10.9 Å². The van der Waals surface area contributed by atoms with Crippen molar-refractivity contribution in [1.29, 1.82) is 5.26 Å². The molecule has 0 aliphatic carbocycles. The number of aryl methyl sites for hydroxylation is 1. The topological polar surface area (TPSA) is 95.9 Å². The van der Waals surface area contributed by atoms with Gasteiger partial charge in [-0.05, 0) is 48.1 Å². The van der Waals surface area contributed by atoms with Gasteiger partial charge in [0.05, 0.1) is 12.2 Å². The molecule has 3 atom stereocenters. The summed E-state index contributed by atoms with van der Waals surface area (Å²) in [6.45, 7) is 5.19. The second kappa shape index (κ2) is 10.9. The quantitative estimate of drug-likeness (QED) is 0.178. The molecule has 1 unspecified atom stereocenters. The molecule has 0 saturated carbocycles. The van der Waals surface area contributed by atoms with Crippen LogP contribution < -0.4 is 10.6 Å². The molecule has 0 bridgehead atoms. The number of benzene rings is 2. The Morgan fingerprint density at radius 3 is 2.49 bits per heavy atom. The molecule has 206 valence electrons. The number of fused-ring (bicyclic) bond motifs is 3. The van der Waals surface area contributed by atoms with Crippen molar-refractivity contribution in [1.82, 2.24) is 20.4 Å². The second-order valence-electron chi connectivity index (χ2n) is 10.1. The number of halogens is 4. The minimum absolute atomic E-state index is 0.0825. The number of amides is 1. The summed E-state index contributed by atoms with van der Waals surface area (Å²) in [5.41, 5.74) is 2.54. The van der Waals surface area contributed by atoms with Crippen LogP contribution in [0.25, 0.3) is 33.1 Å². The van der Waals surface area contributed by atoms with Gasteiger partial charge in [0.15, 0.2) is 0 Å². The Balaban J connectivity index is 1.70. The van der Waals surface area contributed by atoms with Crippen LogP contribution in [0.4, 0.5) is 13.2 Å². The van der Waals surface area contributed by atoms with Crippen LogP contribution in [0.2, 0.25) is 0 Å². The Morgan fingerprint density at radius 2 is 1.90 bits per heavy atom. The lowest BCUT2D eigenvalue weighted by Gasteiger charge is -2.30. The number of carbonyl (C=O) groups is 1. The summed E-state index contributed by atoms with van der Waals surface area (Å²) in [6.07, 6.45) is -0.934. The van der Waals surface area contributed by atoms with Crippen LogP contribution in [0.15, 0.2) is 53.2 Å². The van der Waals surface area contributed by atoms with E-state index in [9.17, 15) is 23.2 Å². The highest BCUT2D eigenvalue weighted by molar-refractivity contribution is 6.26. The Morgan fingerprint density at radius 1 is 1.15 bits per heavy atom. The zero-order valence-corrected chi connectivity index (χ0v) is 22.7. The van der Waals surface area contributed by atoms with Gasteiger partial charge in [0.25, 0.3) is 0 Å². The van der Waals surface area contributed by atoms with Crippen molar-refractivity contribution in [3.05, 3.63) is 54.4 Å². The second-order valence-corrected chi connectivity index (χ2v) is 10.7. The van der Waals surface area contributed by atoms with Crippen LogP contribution in [0.3, 0.4) is 0 Å². The molecule has 2 aromatic carbocycles. The lowest BCUT2D eigenvalue weighted by atomic mass is 9.98. The first kappa shape index (κ1) is 28.5. The van der Waals surface area contributed by atoms with Gasteiger partial charge in [-0.15, -0.1) is 0 Å². The molecule has 4 aromatic rings. The minimum Gasteiger partial charge on any atom is -0.456 e. The fourth-order valence-electron chi connectivity index (χ4n) is 4.50. The maximum Gasteiger partial charge on any atom is 0.407 e. The van der Waals surface area contributed by atoms with E-state index in [4.69, 9.17) is 16.0 Å². The molecule has 0 aliphatic rings.